The molecule has 0 aliphatic carbocycles. The number of rotatable bonds is 4. The monoisotopic (exact) mass is 305 g/mol. The van der Waals surface area contributed by atoms with Crippen molar-refractivity contribution >= 4 is 22.5 Å². The zero-order valence-electron chi connectivity index (χ0n) is 12.6. The number of H-pyrrole nitrogens is 1. The van der Waals surface area contributed by atoms with Crippen LogP contribution >= 0.6 is 0 Å². The second-order valence-corrected chi connectivity index (χ2v) is 5.30. The number of aromatic nitrogens is 6. The van der Waals surface area contributed by atoms with Crippen LogP contribution < -0.4 is 5.32 Å². The molecule has 0 atom stereocenters. The lowest BCUT2D eigenvalue weighted by atomic mass is 10.2. The maximum absolute atomic E-state index is 4.30. The van der Waals surface area contributed by atoms with Gasteiger partial charge in [0.2, 0.25) is 0 Å². The van der Waals surface area contributed by atoms with Crippen molar-refractivity contribution in [3.63, 3.8) is 0 Å². The Kier molecular flexibility index (Phi) is 3.23. The van der Waals surface area contributed by atoms with E-state index in [4.69, 9.17) is 0 Å². The average Bonchev–Trinajstić information content (AvgIpc) is 3.19. The van der Waals surface area contributed by atoms with Gasteiger partial charge in [-0.2, -0.15) is 10.2 Å². The number of hydrogen-bond acceptors (Lipinski definition) is 5. The molecule has 0 fully saturated rings. The first-order chi connectivity index (χ1) is 11.3. The van der Waals surface area contributed by atoms with E-state index < -0.39 is 0 Å². The van der Waals surface area contributed by atoms with E-state index in [1.54, 1.807) is 12.5 Å². The fraction of sp³-hybridized carbons (Fsp3) is 0.125. The summed E-state index contributed by atoms with van der Waals surface area (Å²) in [5.41, 5.74) is 4.60. The zero-order chi connectivity index (χ0) is 15.6. The second-order valence-electron chi connectivity index (χ2n) is 5.30. The van der Waals surface area contributed by atoms with Crippen LogP contribution in [0.25, 0.3) is 11.0 Å². The normalized spacial score (nSPS) is 11.0. The highest BCUT2D eigenvalue weighted by molar-refractivity contribution is 5.88. The molecule has 4 aromatic rings. The van der Waals surface area contributed by atoms with E-state index in [-0.39, 0.29) is 0 Å². The quantitative estimate of drug-likeness (QED) is 0.605. The van der Waals surface area contributed by atoms with Gasteiger partial charge in [-0.1, -0.05) is 12.1 Å². The Morgan fingerprint density at radius 1 is 1.17 bits per heavy atom. The molecule has 0 aliphatic heterocycles. The standard InChI is InChI=1S/C16H15N7/c1-11-14-15(22-21-11)16(18-10-17-14)20-13-5-2-4-12(8-13)9-23-7-3-6-19-23/h2-8,10H,9H2,1H3,(H,21,22)(H,17,18,20). The summed E-state index contributed by atoms with van der Waals surface area (Å²) in [5.74, 6) is 0.690. The first-order valence-electron chi connectivity index (χ1n) is 7.29. The van der Waals surface area contributed by atoms with E-state index in [1.807, 2.05) is 36.0 Å². The molecule has 0 saturated carbocycles. The van der Waals surface area contributed by atoms with Crippen LogP contribution in [0.4, 0.5) is 11.5 Å². The summed E-state index contributed by atoms with van der Waals surface area (Å²) >= 11 is 0. The molecule has 2 N–H and O–H groups in total. The number of aryl methyl sites for hydroxylation is 1. The minimum absolute atomic E-state index is 0.690. The minimum atomic E-state index is 0.690. The van der Waals surface area contributed by atoms with Gasteiger partial charge in [0.15, 0.2) is 11.3 Å². The van der Waals surface area contributed by atoms with Crippen molar-refractivity contribution < 1.29 is 0 Å². The Morgan fingerprint density at radius 2 is 2.13 bits per heavy atom. The molecule has 7 nitrogen and oxygen atoms in total. The molecule has 3 heterocycles. The van der Waals surface area contributed by atoms with Gasteiger partial charge in [-0.05, 0) is 30.7 Å². The number of nitrogens with one attached hydrogen (secondary N) is 2. The largest absolute Gasteiger partial charge is 0.338 e. The first-order valence-corrected chi connectivity index (χ1v) is 7.29. The van der Waals surface area contributed by atoms with Crippen molar-refractivity contribution in [3.8, 4) is 0 Å². The van der Waals surface area contributed by atoms with E-state index >= 15 is 0 Å². The highest BCUT2D eigenvalue weighted by Crippen LogP contribution is 2.23. The molecule has 114 valence electrons. The van der Waals surface area contributed by atoms with Crippen LogP contribution in [0, 0.1) is 6.92 Å². The number of nitrogens with zero attached hydrogens (tertiary/aromatic N) is 5. The molecule has 7 heteroatoms. The van der Waals surface area contributed by atoms with Crippen LogP contribution in [-0.2, 0) is 6.54 Å². The predicted molar refractivity (Wildman–Crippen MR) is 87.5 cm³/mol. The summed E-state index contributed by atoms with van der Waals surface area (Å²) in [6.45, 7) is 2.67. The van der Waals surface area contributed by atoms with Crippen molar-refractivity contribution in [3.05, 3.63) is 60.3 Å². The second kappa shape index (κ2) is 5.53. The van der Waals surface area contributed by atoms with E-state index in [2.05, 4.69) is 42.7 Å². The van der Waals surface area contributed by atoms with Gasteiger partial charge >= 0.3 is 0 Å². The predicted octanol–water partition coefficient (Wildman–Crippen LogP) is 2.65. The summed E-state index contributed by atoms with van der Waals surface area (Å²) < 4.78 is 1.89. The molecule has 4 rings (SSSR count). The molecule has 0 aliphatic rings. The van der Waals surface area contributed by atoms with E-state index in [0.29, 0.717) is 5.82 Å². The summed E-state index contributed by atoms with van der Waals surface area (Å²) in [7, 11) is 0. The fourth-order valence-corrected chi connectivity index (χ4v) is 2.51. The maximum atomic E-state index is 4.30. The lowest BCUT2D eigenvalue weighted by Crippen LogP contribution is -2.01. The minimum Gasteiger partial charge on any atom is -0.338 e. The van der Waals surface area contributed by atoms with Gasteiger partial charge in [-0.3, -0.25) is 9.78 Å². The molecule has 3 aromatic heterocycles. The van der Waals surface area contributed by atoms with Crippen LogP contribution in [0.1, 0.15) is 11.3 Å². The lowest BCUT2D eigenvalue weighted by molar-refractivity contribution is 0.687. The Morgan fingerprint density at radius 3 is 3.00 bits per heavy atom. The third-order valence-electron chi connectivity index (χ3n) is 3.61. The van der Waals surface area contributed by atoms with Crippen molar-refractivity contribution in [2.75, 3.05) is 5.32 Å². The Bertz CT molecular complexity index is 940. The summed E-state index contributed by atoms with van der Waals surface area (Å²) in [4.78, 5) is 8.55. The highest BCUT2D eigenvalue weighted by Gasteiger charge is 2.09. The first kappa shape index (κ1) is 13.4. The zero-order valence-corrected chi connectivity index (χ0v) is 12.6. The molecule has 0 spiro atoms. The maximum Gasteiger partial charge on any atom is 0.162 e. The molecule has 0 amide bonds. The van der Waals surface area contributed by atoms with Gasteiger partial charge in [0.1, 0.15) is 11.8 Å². The van der Waals surface area contributed by atoms with Crippen LogP contribution in [0.15, 0.2) is 49.1 Å². The molecular weight excluding hydrogens is 290 g/mol. The van der Waals surface area contributed by atoms with Gasteiger partial charge in [0.25, 0.3) is 0 Å². The van der Waals surface area contributed by atoms with E-state index in [0.717, 1.165) is 34.5 Å². The molecular formula is C16H15N7. The van der Waals surface area contributed by atoms with Gasteiger partial charge in [0.05, 0.1) is 12.2 Å². The van der Waals surface area contributed by atoms with Crippen molar-refractivity contribution in [2.45, 2.75) is 13.5 Å². The van der Waals surface area contributed by atoms with Gasteiger partial charge in [0, 0.05) is 18.1 Å². The molecule has 0 radical (unpaired) electrons. The van der Waals surface area contributed by atoms with Crippen LogP contribution in [-0.4, -0.2) is 29.9 Å². The third-order valence-corrected chi connectivity index (χ3v) is 3.61. The highest BCUT2D eigenvalue weighted by atomic mass is 15.3. The van der Waals surface area contributed by atoms with E-state index in [1.165, 1.54) is 0 Å². The number of anilines is 2. The molecule has 0 bridgehead atoms. The topological polar surface area (TPSA) is 84.3 Å². The average molecular weight is 305 g/mol. The van der Waals surface area contributed by atoms with Crippen molar-refractivity contribution in [2.24, 2.45) is 0 Å². The summed E-state index contributed by atoms with van der Waals surface area (Å²) in [6, 6.07) is 10.1. The Balaban J connectivity index is 1.63. The SMILES string of the molecule is Cc1[nH]nc2c(Nc3cccc(Cn4cccn4)c3)ncnc12. The number of fused-ring (bicyclic) bond motifs is 1. The molecule has 1 aromatic carbocycles. The lowest BCUT2D eigenvalue weighted by Gasteiger charge is -2.08. The number of benzene rings is 1. The molecule has 0 saturated heterocycles. The fourth-order valence-electron chi connectivity index (χ4n) is 2.51. The van der Waals surface area contributed by atoms with Crippen LogP contribution in [0.5, 0.6) is 0 Å². The van der Waals surface area contributed by atoms with Crippen LogP contribution in [0.3, 0.4) is 0 Å². The van der Waals surface area contributed by atoms with Crippen molar-refractivity contribution in [1.82, 2.24) is 29.9 Å². The Labute approximate surface area is 132 Å². The molecule has 23 heavy (non-hydrogen) atoms. The van der Waals surface area contributed by atoms with Crippen molar-refractivity contribution in [1.29, 1.82) is 0 Å². The van der Waals surface area contributed by atoms with Gasteiger partial charge in [-0.15, -0.1) is 0 Å². The van der Waals surface area contributed by atoms with Crippen LogP contribution in [0.2, 0.25) is 0 Å². The smallest absolute Gasteiger partial charge is 0.162 e. The Hall–Kier alpha value is -3.22. The van der Waals surface area contributed by atoms with E-state index in [9.17, 15) is 0 Å². The molecule has 0 unspecified atom stereocenters. The summed E-state index contributed by atoms with van der Waals surface area (Å²) in [5, 5.41) is 14.8. The summed E-state index contributed by atoms with van der Waals surface area (Å²) in [6.07, 6.45) is 5.26. The number of aromatic amines is 1. The van der Waals surface area contributed by atoms with Gasteiger partial charge < -0.3 is 5.32 Å². The number of hydrogen-bond donors (Lipinski definition) is 2. The van der Waals surface area contributed by atoms with Gasteiger partial charge in [-0.25, -0.2) is 9.97 Å². The third kappa shape index (κ3) is 2.64.